The molecule has 0 saturated carbocycles. The Morgan fingerprint density at radius 3 is 2.61 bits per heavy atom. The summed E-state index contributed by atoms with van der Waals surface area (Å²) in [7, 11) is 0. The van der Waals surface area contributed by atoms with Crippen LogP contribution < -0.4 is 15.8 Å². The van der Waals surface area contributed by atoms with E-state index in [1.807, 2.05) is 63.2 Å². The Bertz CT molecular complexity index is 2030. The third-order valence-electron chi connectivity index (χ3n) is 8.60. The predicted octanol–water partition coefficient (Wildman–Crippen LogP) is 7.53. The summed E-state index contributed by atoms with van der Waals surface area (Å²) in [6, 6.07) is 17.4. The molecule has 8 nitrogen and oxygen atoms in total. The molecule has 1 N–H and O–H groups in total. The minimum atomic E-state index is -0.554. The molecule has 4 heterocycles. The number of nitrogens with zero attached hydrogens (tertiary/aromatic N) is 2. The highest BCUT2D eigenvalue weighted by Gasteiger charge is 2.31. The van der Waals surface area contributed by atoms with Gasteiger partial charge in [0, 0.05) is 55.2 Å². The standard InChI is InChI=1S/C37H37N3O5S.H2/c1-37(2,3)45-29(41)17-8-18-38-34(42)24-13-5-4-12-23(24)30-26-21-22-11-9-19-40-20-10-14-25(32(22)40)33(26)44-36(43)31(30)35-39-27-15-6-7-16-28(27)46-35;/h4-7,12-13,15-16,21H,8-11,14,17-20H2,1-3H3,(H,38,42);1H. The van der Waals surface area contributed by atoms with E-state index in [1.165, 1.54) is 22.6 Å². The molecule has 0 bridgehead atoms. The second-order valence-corrected chi connectivity index (χ2v) is 14.1. The molecule has 0 radical (unpaired) electrons. The van der Waals surface area contributed by atoms with Crippen LogP contribution in [0.4, 0.5) is 5.69 Å². The van der Waals surface area contributed by atoms with Crippen LogP contribution in [0, 0.1) is 0 Å². The highest BCUT2D eigenvalue weighted by molar-refractivity contribution is 7.21. The van der Waals surface area contributed by atoms with Crippen LogP contribution in [-0.2, 0) is 22.4 Å². The summed E-state index contributed by atoms with van der Waals surface area (Å²) in [6.07, 6.45) is 4.49. The van der Waals surface area contributed by atoms with Crippen molar-refractivity contribution in [2.45, 2.75) is 64.9 Å². The van der Waals surface area contributed by atoms with Gasteiger partial charge in [0.25, 0.3) is 5.91 Å². The first-order valence-electron chi connectivity index (χ1n) is 16.0. The van der Waals surface area contributed by atoms with Gasteiger partial charge in [0.05, 0.1) is 10.2 Å². The fraction of sp³-hybridized carbons (Fsp3) is 0.351. The minimum absolute atomic E-state index is 0. The third-order valence-corrected chi connectivity index (χ3v) is 9.66. The van der Waals surface area contributed by atoms with Crippen LogP contribution in [0.25, 0.3) is 42.9 Å². The summed E-state index contributed by atoms with van der Waals surface area (Å²) in [6.45, 7) is 7.82. The molecule has 3 aromatic carbocycles. The van der Waals surface area contributed by atoms with Gasteiger partial charge in [-0.3, -0.25) is 9.59 Å². The van der Waals surface area contributed by atoms with Crippen LogP contribution in [0.2, 0.25) is 0 Å². The Morgan fingerprint density at radius 1 is 1.04 bits per heavy atom. The van der Waals surface area contributed by atoms with E-state index in [0.29, 0.717) is 45.8 Å². The monoisotopic (exact) mass is 637 g/mol. The fourth-order valence-corrected chi connectivity index (χ4v) is 7.79. The molecule has 0 spiro atoms. The molecule has 2 aliphatic rings. The van der Waals surface area contributed by atoms with Gasteiger partial charge < -0.3 is 19.4 Å². The lowest BCUT2D eigenvalue weighted by molar-refractivity contribution is -0.154. The number of amides is 1. The predicted molar refractivity (Wildman–Crippen MR) is 185 cm³/mol. The number of nitrogens with one attached hydrogen (secondary N) is 1. The Morgan fingerprint density at radius 2 is 1.80 bits per heavy atom. The zero-order valence-corrected chi connectivity index (χ0v) is 27.2. The summed E-state index contributed by atoms with van der Waals surface area (Å²) in [5.74, 6) is -0.571. The Kier molecular flexibility index (Phi) is 7.88. The number of hydrogen-bond donors (Lipinski definition) is 1. The van der Waals surface area contributed by atoms with Gasteiger partial charge in [-0.25, -0.2) is 9.78 Å². The number of hydrogen-bond acceptors (Lipinski definition) is 8. The SMILES string of the molecule is CC(C)(C)OC(=O)CCCNC(=O)c1ccccc1-c1c(-c2nc3ccccc3s2)c(=O)oc2c3c4c(cc12)CCCN4CCC3.[HH]. The Labute approximate surface area is 272 Å². The zero-order valence-electron chi connectivity index (χ0n) is 26.4. The maximum Gasteiger partial charge on any atom is 0.347 e. The van der Waals surface area contributed by atoms with Crippen molar-refractivity contribution < 1.29 is 20.2 Å². The Hall–Kier alpha value is -4.50. The maximum atomic E-state index is 14.1. The zero-order chi connectivity index (χ0) is 32.0. The molecule has 0 fully saturated rings. The van der Waals surface area contributed by atoms with E-state index in [0.717, 1.165) is 59.9 Å². The van der Waals surface area contributed by atoms with E-state index in [2.05, 4.69) is 16.3 Å². The molecule has 1 amide bonds. The van der Waals surface area contributed by atoms with Crippen molar-refractivity contribution in [3.63, 3.8) is 0 Å². The number of para-hydroxylation sites is 1. The van der Waals surface area contributed by atoms with E-state index >= 15 is 0 Å². The molecule has 0 saturated heterocycles. The van der Waals surface area contributed by atoms with Gasteiger partial charge in [-0.1, -0.05) is 30.3 Å². The minimum Gasteiger partial charge on any atom is -0.460 e. The molecule has 9 heteroatoms. The lowest BCUT2D eigenvalue weighted by atomic mass is 9.86. The number of carbonyl (C=O) groups is 2. The molecule has 238 valence electrons. The second-order valence-electron chi connectivity index (χ2n) is 13.1. The van der Waals surface area contributed by atoms with Crippen molar-refractivity contribution >= 4 is 50.1 Å². The quantitative estimate of drug-likeness (QED) is 0.112. The number of aryl methyl sites for hydroxylation is 2. The van der Waals surface area contributed by atoms with Crippen LogP contribution >= 0.6 is 11.3 Å². The molecule has 46 heavy (non-hydrogen) atoms. The second kappa shape index (κ2) is 12.0. The molecular weight excluding hydrogens is 598 g/mol. The van der Waals surface area contributed by atoms with E-state index in [-0.39, 0.29) is 19.7 Å². The highest BCUT2D eigenvalue weighted by Crippen LogP contribution is 2.46. The van der Waals surface area contributed by atoms with Crippen LogP contribution in [0.1, 0.15) is 69.4 Å². The first-order chi connectivity index (χ1) is 22.2. The molecule has 5 aromatic rings. The third kappa shape index (κ3) is 5.68. The smallest absolute Gasteiger partial charge is 0.347 e. The summed E-state index contributed by atoms with van der Waals surface area (Å²) >= 11 is 1.45. The lowest BCUT2D eigenvalue weighted by Gasteiger charge is -2.37. The molecule has 7 rings (SSSR count). The van der Waals surface area contributed by atoms with Gasteiger partial charge in [0.15, 0.2) is 0 Å². The van der Waals surface area contributed by atoms with Gasteiger partial charge >= 0.3 is 11.6 Å². The molecular formula is C37H39N3O5S. The van der Waals surface area contributed by atoms with E-state index in [4.69, 9.17) is 14.1 Å². The number of rotatable bonds is 7. The van der Waals surface area contributed by atoms with Crippen LogP contribution in [0.5, 0.6) is 0 Å². The summed E-state index contributed by atoms with van der Waals surface area (Å²) in [5, 5.41) is 4.38. The topological polar surface area (TPSA) is 102 Å². The normalized spacial score (nSPS) is 14.4. The number of esters is 1. The highest BCUT2D eigenvalue weighted by atomic mass is 32.1. The number of benzene rings is 3. The van der Waals surface area contributed by atoms with Crippen molar-refractivity contribution in [1.82, 2.24) is 10.3 Å². The van der Waals surface area contributed by atoms with Crippen molar-refractivity contribution in [3.8, 4) is 21.7 Å². The number of carbonyl (C=O) groups excluding carboxylic acids is 2. The number of thiazole rings is 1. The lowest BCUT2D eigenvalue weighted by Crippen LogP contribution is -2.34. The van der Waals surface area contributed by atoms with Crippen LogP contribution in [-0.4, -0.2) is 42.1 Å². The van der Waals surface area contributed by atoms with Crippen molar-refractivity contribution in [2.24, 2.45) is 0 Å². The fourth-order valence-electron chi connectivity index (χ4n) is 6.79. The average molecular weight is 638 g/mol. The number of anilines is 1. The van der Waals surface area contributed by atoms with Gasteiger partial charge in [-0.05, 0) is 88.3 Å². The first-order valence-corrected chi connectivity index (χ1v) is 16.9. The van der Waals surface area contributed by atoms with E-state index in [9.17, 15) is 14.4 Å². The first kappa shape index (κ1) is 30.2. The number of ether oxygens (including phenoxy) is 1. The van der Waals surface area contributed by atoms with Crippen LogP contribution in [0.15, 0.2) is 63.8 Å². The van der Waals surface area contributed by atoms with Crippen molar-refractivity contribution in [1.29, 1.82) is 0 Å². The van der Waals surface area contributed by atoms with Gasteiger partial charge in [0.1, 0.15) is 21.8 Å². The molecule has 0 unspecified atom stereocenters. The van der Waals surface area contributed by atoms with Crippen molar-refractivity contribution in [2.75, 3.05) is 24.5 Å². The van der Waals surface area contributed by atoms with Gasteiger partial charge in [-0.15, -0.1) is 11.3 Å². The van der Waals surface area contributed by atoms with E-state index in [1.54, 1.807) is 6.07 Å². The Balaban J connectivity index is 0.00000386. The molecule has 0 aliphatic carbocycles. The number of aromatic nitrogens is 1. The van der Waals surface area contributed by atoms with E-state index < -0.39 is 11.2 Å². The number of fused-ring (bicyclic) bond motifs is 3. The molecule has 2 aromatic heterocycles. The molecule has 2 aliphatic heterocycles. The van der Waals surface area contributed by atoms with Gasteiger partial charge in [-0.2, -0.15) is 0 Å². The average Bonchev–Trinajstić information content (AvgIpc) is 3.46. The van der Waals surface area contributed by atoms with Crippen molar-refractivity contribution in [3.05, 3.63) is 81.7 Å². The van der Waals surface area contributed by atoms with Gasteiger partial charge in [0.2, 0.25) is 0 Å². The summed E-state index contributed by atoms with van der Waals surface area (Å²) in [4.78, 5) is 47.4. The summed E-state index contributed by atoms with van der Waals surface area (Å²) < 4.78 is 12.6. The summed E-state index contributed by atoms with van der Waals surface area (Å²) in [5.41, 5.74) is 6.07. The molecule has 0 atom stereocenters. The van der Waals surface area contributed by atoms with Crippen LogP contribution in [0.3, 0.4) is 0 Å². The largest absolute Gasteiger partial charge is 0.460 e. The maximum absolute atomic E-state index is 14.1.